The van der Waals surface area contributed by atoms with Gasteiger partial charge in [-0.25, -0.2) is 0 Å². The van der Waals surface area contributed by atoms with Crippen molar-refractivity contribution in [2.24, 2.45) is 5.10 Å². The topological polar surface area (TPSA) is 37.5 Å². The fourth-order valence-corrected chi connectivity index (χ4v) is 2.46. The van der Waals surface area contributed by atoms with Gasteiger partial charge in [-0.15, -0.1) is 0 Å². The zero-order valence-corrected chi connectivity index (χ0v) is 13.8. The first kappa shape index (κ1) is 15.4. The van der Waals surface area contributed by atoms with Crippen molar-refractivity contribution in [2.45, 2.75) is 13.8 Å². The summed E-state index contributed by atoms with van der Waals surface area (Å²) in [6, 6.07) is 17.6. The highest BCUT2D eigenvalue weighted by atomic mass is 35.5. The average Bonchev–Trinajstić information content (AvgIpc) is 3.00. The molecular formula is C19H17ClN2O. The number of para-hydroxylation sites is 1. The third-order valence-electron chi connectivity index (χ3n) is 3.61. The van der Waals surface area contributed by atoms with Crippen LogP contribution in [0.25, 0.3) is 11.3 Å². The van der Waals surface area contributed by atoms with Gasteiger partial charge >= 0.3 is 0 Å². The smallest absolute Gasteiger partial charge is 0.147 e. The Morgan fingerprint density at radius 1 is 1.00 bits per heavy atom. The van der Waals surface area contributed by atoms with E-state index in [1.807, 2.05) is 68.4 Å². The molecule has 0 aliphatic heterocycles. The van der Waals surface area contributed by atoms with E-state index < -0.39 is 0 Å². The molecule has 0 saturated heterocycles. The maximum absolute atomic E-state index is 6.06. The van der Waals surface area contributed by atoms with Crippen LogP contribution in [0.1, 0.15) is 16.9 Å². The molecule has 1 aromatic heterocycles. The summed E-state index contributed by atoms with van der Waals surface area (Å²) in [5, 5.41) is 4.92. The van der Waals surface area contributed by atoms with Gasteiger partial charge in [0.1, 0.15) is 11.5 Å². The summed E-state index contributed by atoms with van der Waals surface area (Å²) >= 11 is 6.06. The van der Waals surface area contributed by atoms with E-state index in [1.165, 1.54) is 0 Å². The van der Waals surface area contributed by atoms with Crippen molar-refractivity contribution in [1.82, 2.24) is 0 Å². The van der Waals surface area contributed by atoms with Crippen LogP contribution in [0, 0.1) is 13.8 Å². The molecule has 0 aliphatic rings. The van der Waals surface area contributed by atoms with Gasteiger partial charge in [-0.2, -0.15) is 5.10 Å². The van der Waals surface area contributed by atoms with Crippen LogP contribution in [-0.4, -0.2) is 6.21 Å². The monoisotopic (exact) mass is 324 g/mol. The lowest BCUT2D eigenvalue weighted by atomic mass is 10.1. The van der Waals surface area contributed by atoms with Gasteiger partial charge in [-0.05, 0) is 55.3 Å². The Morgan fingerprint density at radius 2 is 1.83 bits per heavy atom. The van der Waals surface area contributed by atoms with E-state index in [0.29, 0.717) is 10.8 Å². The summed E-state index contributed by atoms with van der Waals surface area (Å²) < 4.78 is 5.83. The molecule has 0 fully saturated rings. The SMILES string of the molecule is Cc1ccccc1N/N=C\c1ccc(-c2cc(Cl)ccc2C)o1. The lowest BCUT2D eigenvalue weighted by Crippen LogP contribution is -1.91. The van der Waals surface area contributed by atoms with E-state index in [2.05, 4.69) is 10.5 Å². The van der Waals surface area contributed by atoms with Crippen LogP contribution < -0.4 is 5.43 Å². The number of hydrogen-bond donors (Lipinski definition) is 1. The van der Waals surface area contributed by atoms with Crippen LogP contribution in [0.15, 0.2) is 64.1 Å². The molecule has 116 valence electrons. The third kappa shape index (κ3) is 3.63. The number of nitrogens with zero attached hydrogens (tertiary/aromatic N) is 1. The predicted octanol–water partition coefficient (Wildman–Crippen LogP) is 5.66. The predicted molar refractivity (Wildman–Crippen MR) is 96.3 cm³/mol. The van der Waals surface area contributed by atoms with Crippen molar-refractivity contribution < 1.29 is 4.42 Å². The van der Waals surface area contributed by atoms with Crippen molar-refractivity contribution >= 4 is 23.5 Å². The van der Waals surface area contributed by atoms with E-state index in [-0.39, 0.29) is 0 Å². The molecule has 2 aromatic carbocycles. The Bertz CT molecular complexity index is 852. The number of hydrazone groups is 1. The van der Waals surface area contributed by atoms with Gasteiger partial charge in [0.2, 0.25) is 0 Å². The molecule has 0 atom stereocenters. The number of aryl methyl sites for hydroxylation is 2. The second-order valence-corrected chi connectivity index (χ2v) is 5.78. The third-order valence-corrected chi connectivity index (χ3v) is 3.85. The number of rotatable bonds is 4. The van der Waals surface area contributed by atoms with E-state index in [9.17, 15) is 0 Å². The van der Waals surface area contributed by atoms with Gasteiger partial charge in [-0.3, -0.25) is 5.43 Å². The Balaban J connectivity index is 1.76. The number of furan rings is 1. The average molecular weight is 325 g/mol. The maximum atomic E-state index is 6.06. The van der Waals surface area contributed by atoms with E-state index in [4.69, 9.17) is 16.0 Å². The van der Waals surface area contributed by atoms with Crippen molar-refractivity contribution in [3.8, 4) is 11.3 Å². The summed E-state index contributed by atoms with van der Waals surface area (Å²) in [7, 11) is 0. The lowest BCUT2D eigenvalue weighted by molar-refractivity contribution is 0.574. The lowest BCUT2D eigenvalue weighted by Gasteiger charge is -2.03. The largest absolute Gasteiger partial charge is 0.455 e. The fourth-order valence-electron chi connectivity index (χ4n) is 2.29. The second-order valence-electron chi connectivity index (χ2n) is 5.35. The molecule has 0 amide bonds. The number of benzene rings is 2. The second kappa shape index (κ2) is 6.71. The van der Waals surface area contributed by atoms with Gasteiger partial charge in [-0.1, -0.05) is 35.9 Å². The zero-order valence-electron chi connectivity index (χ0n) is 13.0. The number of anilines is 1. The van der Waals surface area contributed by atoms with Gasteiger partial charge in [0.25, 0.3) is 0 Å². The minimum atomic E-state index is 0.681. The van der Waals surface area contributed by atoms with Crippen LogP contribution in [0.2, 0.25) is 5.02 Å². The van der Waals surface area contributed by atoms with E-state index >= 15 is 0 Å². The van der Waals surface area contributed by atoms with Crippen LogP contribution >= 0.6 is 11.6 Å². The molecule has 1 N–H and O–H groups in total. The van der Waals surface area contributed by atoms with E-state index in [0.717, 1.165) is 28.1 Å². The molecule has 0 radical (unpaired) electrons. The summed E-state index contributed by atoms with van der Waals surface area (Å²) in [5.74, 6) is 1.46. The van der Waals surface area contributed by atoms with Gasteiger partial charge in [0.05, 0.1) is 11.9 Å². The minimum Gasteiger partial charge on any atom is -0.455 e. The van der Waals surface area contributed by atoms with Crippen molar-refractivity contribution in [3.05, 3.63) is 76.5 Å². The number of nitrogens with one attached hydrogen (secondary N) is 1. The first-order chi connectivity index (χ1) is 11.1. The van der Waals surface area contributed by atoms with Crippen molar-refractivity contribution in [3.63, 3.8) is 0 Å². The maximum Gasteiger partial charge on any atom is 0.147 e. The molecule has 3 aromatic rings. The van der Waals surface area contributed by atoms with Crippen LogP contribution in [0.5, 0.6) is 0 Å². The Hall–Kier alpha value is -2.52. The molecule has 0 unspecified atom stereocenters. The molecule has 0 bridgehead atoms. The van der Waals surface area contributed by atoms with Gasteiger partial charge in [0.15, 0.2) is 0 Å². The molecule has 3 nitrogen and oxygen atoms in total. The van der Waals surface area contributed by atoms with Crippen molar-refractivity contribution in [1.29, 1.82) is 0 Å². The normalized spacial score (nSPS) is 11.1. The first-order valence-corrected chi connectivity index (χ1v) is 7.72. The van der Waals surface area contributed by atoms with Gasteiger partial charge in [0, 0.05) is 10.6 Å². The summed E-state index contributed by atoms with van der Waals surface area (Å²) in [5.41, 5.74) is 7.24. The standard InChI is InChI=1S/C19H17ClN2O/c1-13-7-8-15(20)11-17(13)19-10-9-16(23-19)12-21-22-18-6-4-3-5-14(18)2/h3-12,22H,1-2H3/b21-12-. The Labute approximate surface area is 140 Å². The highest BCUT2D eigenvalue weighted by molar-refractivity contribution is 6.30. The zero-order chi connectivity index (χ0) is 16.2. The molecule has 0 spiro atoms. The molecule has 3 rings (SSSR count). The molecule has 23 heavy (non-hydrogen) atoms. The van der Waals surface area contributed by atoms with Crippen molar-refractivity contribution in [2.75, 3.05) is 5.43 Å². The van der Waals surface area contributed by atoms with Crippen LogP contribution in [0.4, 0.5) is 5.69 Å². The molecule has 1 heterocycles. The van der Waals surface area contributed by atoms with E-state index in [1.54, 1.807) is 6.21 Å². The van der Waals surface area contributed by atoms with Crippen LogP contribution in [0.3, 0.4) is 0 Å². The van der Waals surface area contributed by atoms with Crippen LogP contribution in [-0.2, 0) is 0 Å². The quantitative estimate of drug-likeness (QED) is 0.496. The first-order valence-electron chi connectivity index (χ1n) is 7.34. The van der Waals surface area contributed by atoms with Gasteiger partial charge < -0.3 is 4.42 Å². The Morgan fingerprint density at radius 3 is 2.65 bits per heavy atom. The summed E-state index contributed by atoms with van der Waals surface area (Å²) in [4.78, 5) is 0. The summed E-state index contributed by atoms with van der Waals surface area (Å²) in [6.07, 6.45) is 1.66. The number of halogens is 1. The number of hydrogen-bond acceptors (Lipinski definition) is 3. The fraction of sp³-hybridized carbons (Fsp3) is 0.105. The molecule has 4 heteroatoms. The molecular weight excluding hydrogens is 308 g/mol. The minimum absolute atomic E-state index is 0.681. The summed E-state index contributed by atoms with van der Waals surface area (Å²) in [6.45, 7) is 4.06. The molecule has 0 saturated carbocycles. The highest BCUT2D eigenvalue weighted by Crippen LogP contribution is 2.27. The Kier molecular flexibility index (Phi) is 4.49. The molecule has 0 aliphatic carbocycles. The highest BCUT2D eigenvalue weighted by Gasteiger charge is 2.07.